The largest absolute Gasteiger partial charge is 0.341 e. The molecule has 1 aliphatic rings. The number of aromatic nitrogens is 2. The lowest BCUT2D eigenvalue weighted by Gasteiger charge is -2.19. The van der Waals surface area contributed by atoms with Gasteiger partial charge in [-0.1, -0.05) is 19.8 Å². The van der Waals surface area contributed by atoms with Crippen LogP contribution < -0.4 is 10.2 Å². The summed E-state index contributed by atoms with van der Waals surface area (Å²) >= 11 is 0. The van der Waals surface area contributed by atoms with Gasteiger partial charge in [0, 0.05) is 19.5 Å². The number of carbonyl (C=O) groups excluding carboxylic acids is 1. The summed E-state index contributed by atoms with van der Waals surface area (Å²) in [6.07, 6.45) is 9.77. The predicted molar refractivity (Wildman–Crippen MR) is 76.3 cm³/mol. The van der Waals surface area contributed by atoms with E-state index in [1.54, 1.807) is 12.4 Å². The smallest absolute Gasteiger partial charge is 0.225 e. The van der Waals surface area contributed by atoms with Gasteiger partial charge in [0.25, 0.3) is 0 Å². The van der Waals surface area contributed by atoms with Crippen LogP contribution in [-0.2, 0) is 4.79 Å². The number of rotatable bonds is 4. The molecule has 0 bridgehead atoms. The summed E-state index contributed by atoms with van der Waals surface area (Å²) < 4.78 is 0. The molecule has 1 amide bonds. The molecule has 1 aromatic heterocycles. The van der Waals surface area contributed by atoms with E-state index in [1.807, 2.05) is 6.92 Å². The van der Waals surface area contributed by atoms with Crippen LogP contribution in [0.15, 0.2) is 12.4 Å². The topological polar surface area (TPSA) is 58.1 Å². The SMILES string of the molecule is CCCC(=O)Nc1cnc(N2CCCCCC2)nc1. The predicted octanol–water partition coefficient (Wildman–Crippen LogP) is 2.60. The van der Waals surface area contributed by atoms with Crippen molar-refractivity contribution in [2.24, 2.45) is 0 Å². The van der Waals surface area contributed by atoms with E-state index in [0.29, 0.717) is 12.1 Å². The Balaban J connectivity index is 1.95. The Hall–Kier alpha value is -1.65. The maximum Gasteiger partial charge on any atom is 0.225 e. The van der Waals surface area contributed by atoms with Crippen molar-refractivity contribution in [3.05, 3.63) is 12.4 Å². The van der Waals surface area contributed by atoms with Gasteiger partial charge < -0.3 is 10.2 Å². The Morgan fingerprint density at radius 2 is 1.84 bits per heavy atom. The molecule has 1 saturated heterocycles. The lowest BCUT2D eigenvalue weighted by Crippen LogP contribution is -2.26. The fraction of sp³-hybridized carbons (Fsp3) is 0.643. The zero-order valence-corrected chi connectivity index (χ0v) is 11.6. The van der Waals surface area contributed by atoms with Gasteiger partial charge in [-0.2, -0.15) is 0 Å². The number of nitrogens with one attached hydrogen (secondary N) is 1. The summed E-state index contributed by atoms with van der Waals surface area (Å²) in [4.78, 5) is 22.4. The van der Waals surface area contributed by atoms with E-state index < -0.39 is 0 Å². The summed E-state index contributed by atoms with van der Waals surface area (Å²) in [6.45, 7) is 4.04. The fourth-order valence-corrected chi connectivity index (χ4v) is 2.27. The standard InChI is InChI=1S/C14H22N4O/c1-2-7-13(19)17-12-10-15-14(16-11-12)18-8-5-3-4-6-9-18/h10-11H,2-9H2,1H3,(H,17,19). The van der Waals surface area contributed by atoms with E-state index in [0.717, 1.165) is 25.5 Å². The van der Waals surface area contributed by atoms with Gasteiger partial charge in [0.15, 0.2) is 0 Å². The number of hydrogen-bond donors (Lipinski definition) is 1. The molecule has 1 fully saturated rings. The summed E-state index contributed by atoms with van der Waals surface area (Å²) in [5.41, 5.74) is 0.678. The molecule has 5 heteroatoms. The van der Waals surface area contributed by atoms with Crippen LogP contribution >= 0.6 is 0 Å². The van der Waals surface area contributed by atoms with E-state index in [-0.39, 0.29) is 5.91 Å². The Labute approximate surface area is 114 Å². The summed E-state index contributed by atoms with van der Waals surface area (Å²) in [5, 5.41) is 2.80. The first-order valence-corrected chi connectivity index (χ1v) is 7.16. The lowest BCUT2D eigenvalue weighted by molar-refractivity contribution is -0.116. The number of anilines is 2. The molecule has 2 heterocycles. The number of carbonyl (C=O) groups is 1. The number of nitrogens with zero attached hydrogens (tertiary/aromatic N) is 3. The Bertz CT molecular complexity index is 396. The highest BCUT2D eigenvalue weighted by Gasteiger charge is 2.12. The van der Waals surface area contributed by atoms with Crippen LogP contribution in [0.25, 0.3) is 0 Å². The average Bonchev–Trinajstić information content (AvgIpc) is 2.69. The summed E-state index contributed by atoms with van der Waals surface area (Å²) in [5.74, 6) is 0.795. The minimum atomic E-state index is 0.0219. The maximum absolute atomic E-state index is 11.5. The highest BCUT2D eigenvalue weighted by Crippen LogP contribution is 2.16. The molecule has 1 aromatic rings. The van der Waals surface area contributed by atoms with Crippen LogP contribution in [0, 0.1) is 0 Å². The minimum Gasteiger partial charge on any atom is -0.341 e. The van der Waals surface area contributed by atoms with Crippen LogP contribution in [0.4, 0.5) is 11.6 Å². The first-order chi connectivity index (χ1) is 9.29. The molecule has 0 radical (unpaired) electrons. The number of amides is 1. The quantitative estimate of drug-likeness (QED) is 0.906. The lowest BCUT2D eigenvalue weighted by atomic mass is 10.2. The molecule has 1 N–H and O–H groups in total. The Morgan fingerprint density at radius 3 is 2.42 bits per heavy atom. The summed E-state index contributed by atoms with van der Waals surface area (Å²) in [6, 6.07) is 0. The second-order valence-corrected chi connectivity index (χ2v) is 4.97. The van der Waals surface area contributed by atoms with E-state index in [2.05, 4.69) is 20.2 Å². The van der Waals surface area contributed by atoms with Crippen molar-refractivity contribution in [3.63, 3.8) is 0 Å². The molecule has 0 aliphatic carbocycles. The molecule has 104 valence electrons. The second-order valence-electron chi connectivity index (χ2n) is 4.97. The monoisotopic (exact) mass is 262 g/mol. The molecule has 0 aromatic carbocycles. The fourth-order valence-electron chi connectivity index (χ4n) is 2.27. The molecule has 1 aliphatic heterocycles. The van der Waals surface area contributed by atoms with E-state index >= 15 is 0 Å². The van der Waals surface area contributed by atoms with E-state index in [1.165, 1.54) is 25.7 Å². The van der Waals surface area contributed by atoms with Crippen LogP contribution in [0.5, 0.6) is 0 Å². The van der Waals surface area contributed by atoms with Gasteiger partial charge in [-0.15, -0.1) is 0 Å². The van der Waals surface area contributed by atoms with Gasteiger partial charge in [0.1, 0.15) is 0 Å². The zero-order chi connectivity index (χ0) is 13.5. The molecule has 5 nitrogen and oxygen atoms in total. The molecule has 0 saturated carbocycles. The van der Waals surface area contributed by atoms with Crippen LogP contribution in [0.3, 0.4) is 0 Å². The summed E-state index contributed by atoms with van der Waals surface area (Å²) in [7, 11) is 0. The molecule has 0 spiro atoms. The van der Waals surface area contributed by atoms with Crippen molar-refractivity contribution in [3.8, 4) is 0 Å². The average molecular weight is 262 g/mol. The Morgan fingerprint density at radius 1 is 1.21 bits per heavy atom. The number of hydrogen-bond acceptors (Lipinski definition) is 4. The van der Waals surface area contributed by atoms with Gasteiger partial charge in [-0.25, -0.2) is 9.97 Å². The molecule has 19 heavy (non-hydrogen) atoms. The minimum absolute atomic E-state index is 0.0219. The van der Waals surface area contributed by atoms with Gasteiger partial charge in [-0.3, -0.25) is 4.79 Å². The van der Waals surface area contributed by atoms with Crippen LogP contribution in [0.1, 0.15) is 45.4 Å². The van der Waals surface area contributed by atoms with E-state index in [4.69, 9.17) is 0 Å². The zero-order valence-electron chi connectivity index (χ0n) is 11.6. The van der Waals surface area contributed by atoms with Crippen LogP contribution in [0.2, 0.25) is 0 Å². The van der Waals surface area contributed by atoms with Crippen molar-refractivity contribution in [1.82, 2.24) is 9.97 Å². The third-order valence-corrected chi connectivity index (χ3v) is 3.29. The van der Waals surface area contributed by atoms with E-state index in [9.17, 15) is 4.79 Å². The van der Waals surface area contributed by atoms with Gasteiger partial charge >= 0.3 is 0 Å². The van der Waals surface area contributed by atoms with Crippen molar-refractivity contribution in [2.75, 3.05) is 23.3 Å². The molecule has 2 rings (SSSR count). The third-order valence-electron chi connectivity index (χ3n) is 3.29. The van der Waals surface area contributed by atoms with Gasteiger partial charge in [0.2, 0.25) is 11.9 Å². The van der Waals surface area contributed by atoms with Crippen molar-refractivity contribution in [2.45, 2.75) is 45.4 Å². The van der Waals surface area contributed by atoms with Crippen molar-refractivity contribution in [1.29, 1.82) is 0 Å². The maximum atomic E-state index is 11.5. The first kappa shape index (κ1) is 13.8. The Kier molecular flexibility index (Phi) is 5.12. The highest BCUT2D eigenvalue weighted by molar-refractivity contribution is 5.90. The van der Waals surface area contributed by atoms with Crippen molar-refractivity contribution < 1.29 is 4.79 Å². The van der Waals surface area contributed by atoms with Gasteiger partial charge in [-0.05, 0) is 19.3 Å². The normalized spacial score (nSPS) is 15.9. The second kappa shape index (κ2) is 7.07. The van der Waals surface area contributed by atoms with Crippen LogP contribution in [-0.4, -0.2) is 29.0 Å². The first-order valence-electron chi connectivity index (χ1n) is 7.16. The van der Waals surface area contributed by atoms with Gasteiger partial charge in [0.05, 0.1) is 18.1 Å². The van der Waals surface area contributed by atoms with Crippen molar-refractivity contribution >= 4 is 17.5 Å². The third kappa shape index (κ3) is 4.19. The highest BCUT2D eigenvalue weighted by atomic mass is 16.1. The molecular formula is C14H22N4O. The molecule has 0 atom stereocenters. The molecular weight excluding hydrogens is 240 g/mol. The molecule has 0 unspecified atom stereocenters.